The molecule has 0 amide bonds. The zero-order chi connectivity index (χ0) is 15.2. The molecule has 0 bridgehead atoms. The van der Waals surface area contributed by atoms with Crippen LogP contribution in [0.4, 0.5) is 0 Å². The topological polar surface area (TPSA) is 71.6 Å². The number of likely N-dealkylation sites (N-methyl/N-ethyl adjacent to an activating group) is 1. The molecule has 1 atom stereocenters. The fourth-order valence-electron chi connectivity index (χ4n) is 2.16. The molecule has 1 aromatic heterocycles. The van der Waals surface area contributed by atoms with E-state index in [1.165, 1.54) is 0 Å². The maximum atomic E-state index is 9.67. The van der Waals surface area contributed by atoms with Gasteiger partial charge in [-0.3, -0.25) is 4.90 Å². The minimum atomic E-state index is -0.125. The van der Waals surface area contributed by atoms with Crippen molar-refractivity contribution >= 4 is 0 Å². The summed E-state index contributed by atoms with van der Waals surface area (Å²) in [5.41, 5.74) is 1.01. The van der Waals surface area contributed by atoms with E-state index >= 15 is 0 Å². The first-order valence-corrected chi connectivity index (χ1v) is 6.94. The lowest BCUT2D eigenvalue weighted by atomic mass is 10.1. The lowest BCUT2D eigenvalue weighted by molar-refractivity contribution is 0.139. The molecule has 2 aromatic rings. The van der Waals surface area contributed by atoms with E-state index in [-0.39, 0.29) is 12.6 Å². The Morgan fingerprint density at radius 3 is 2.57 bits per heavy atom. The first kappa shape index (κ1) is 15.5. The molecule has 6 heteroatoms. The minimum absolute atomic E-state index is 0.0152. The standard InChI is InChI=1S/C15H21N3O3/c1-4-15-16-14(17-21-15)9-18(2)13(10-19)11-5-7-12(20-3)8-6-11/h5-8,13,19H,4,9-10H2,1-3H3. The quantitative estimate of drug-likeness (QED) is 0.839. The minimum Gasteiger partial charge on any atom is -0.497 e. The van der Waals surface area contributed by atoms with Gasteiger partial charge in [-0.25, -0.2) is 0 Å². The predicted octanol–water partition coefficient (Wildman–Crippen LogP) is 1.81. The highest BCUT2D eigenvalue weighted by molar-refractivity contribution is 5.29. The Kier molecular flexibility index (Phi) is 5.30. The highest BCUT2D eigenvalue weighted by atomic mass is 16.5. The summed E-state index contributed by atoms with van der Waals surface area (Å²) in [5.74, 6) is 2.05. The number of aryl methyl sites for hydroxylation is 1. The number of nitrogens with zero attached hydrogens (tertiary/aromatic N) is 3. The third-order valence-corrected chi connectivity index (χ3v) is 3.41. The van der Waals surface area contributed by atoms with Crippen molar-refractivity contribution in [2.24, 2.45) is 0 Å². The molecular formula is C15H21N3O3. The number of hydrogen-bond acceptors (Lipinski definition) is 6. The molecule has 1 N–H and O–H groups in total. The van der Waals surface area contributed by atoms with E-state index in [1.54, 1.807) is 7.11 Å². The molecule has 6 nitrogen and oxygen atoms in total. The number of benzene rings is 1. The molecular weight excluding hydrogens is 270 g/mol. The molecule has 1 unspecified atom stereocenters. The normalized spacial score (nSPS) is 12.6. The average molecular weight is 291 g/mol. The van der Waals surface area contributed by atoms with Crippen molar-refractivity contribution in [1.82, 2.24) is 15.0 Å². The van der Waals surface area contributed by atoms with Crippen LogP contribution in [0.25, 0.3) is 0 Å². The van der Waals surface area contributed by atoms with Crippen LogP contribution in [0.15, 0.2) is 28.8 Å². The summed E-state index contributed by atoms with van der Waals surface area (Å²) in [7, 11) is 3.55. The molecule has 0 saturated carbocycles. The number of hydrogen-bond donors (Lipinski definition) is 1. The molecule has 0 radical (unpaired) electrons. The van der Waals surface area contributed by atoms with Gasteiger partial charge in [-0.2, -0.15) is 4.98 Å². The molecule has 0 saturated heterocycles. The number of ether oxygens (including phenoxy) is 1. The maximum Gasteiger partial charge on any atom is 0.226 e. The molecule has 0 fully saturated rings. The van der Waals surface area contributed by atoms with Crippen molar-refractivity contribution in [1.29, 1.82) is 0 Å². The lowest BCUT2D eigenvalue weighted by Crippen LogP contribution is -2.27. The van der Waals surface area contributed by atoms with Gasteiger partial charge in [0.1, 0.15) is 5.75 Å². The van der Waals surface area contributed by atoms with Gasteiger partial charge in [0.15, 0.2) is 5.82 Å². The van der Waals surface area contributed by atoms with Gasteiger partial charge in [0.2, 0.25) is 5.89 Å². The third kappa shape index (κ3) is 3.80. The van der Waals surface area contributed by atoms with Gasteiger partial charge in [0, 0.05) is 6.42 Å². The maximum absolute atomic E-state index is 9.67. The van der Waals surface area contributed by atoms with E-state index in [0.717, 1.165) is 17.7 Å². The second kappa shape index (κ2) is 7.19. The SMILES string of the molecule is CCc1nc(CN(C)C(CO)c2ccc(OC)cc2)no1. The summed E-state index contributed by atoms with van der Waals surface area (Å²) in [5, 5.41) is 13.6. The van der Waals surface area contributed by atoms with Crippen molar-refractivity contribution in [3.05, 3.63) is 41.5 Å². The fourth-order valence-corrected chi connectivity index (χ4v) is 2.16. The highest BCUT2D eigenvalue weighted by Crippen LogP contribution is 2.22. The Morgan fingerprint density at radius 2 is 2.05 bits per heavy atom. The van der Waals surface area contributed by atoms with Gasteiger partial charge < -0.3 is 14.4 Å². The average Bonchev–Trinajstić information content (AvgIpc) is 2.96. The molecule has 1 heterocycles. The van der Waals surface area contributed by atoms with Crippen LogP contribution >= 0.6 is 0 Å². The molecule has 0 aliphatic rings. The van der Waals surface area contributed by atoms with Crippen molar-refractivity contribution in [2.45, 2.75) is 25.9 Å². The van der Waals surface area contributed by atoms with E-state index in [0.29, 0.717) is 18.3 Å². The number of methoxy groups -OCH3 is 1. The van der Waals surface area contributed by atoms with Gasteiger partial charge in [-0.15, -0.1) is 0 Å². The van der Waals surface area contributed by atoms with E-state index in [1.807, 2.05) is 43.1 Å². The van der Waals surface area contributed by atoms with Gasteiger partial charge in [-0.1, -0.05) is 24.2 Å². The molecule has 0 aliphatic carbocycles. The molecule has 21 heavy (non-hydrogen) atoms. The van der Waals surface area contributed by atoms with Crippen LogP contribution in [0.2, 0.25) is 0 Å². The van der Waals surface area contributed by atoms with Crippen molar-refractivity contribution in [3.63, 3.8) is 0 Å². The zero-order valence-electron chi connectivity index (χ0n) is 12.6. The number of rotatable bonds is 7. The van der Waals surface area contributed by atoms with Crippen LogP contribution in [0.1, 0.15) is 30.2 Å². The molecule has 0 spiro atoms. The molecule has 0 aliphatic heterocycles. The summed E-state index contributed by atoms with van der Waals surface area (Å²) in [6.45, 7) is 2.50. The van der Waals surface area contributed by atoms with E-state index in [4.69, 9.17) is 9.26 Å². The van der Waals surface area contributed by atoms with Crippen molar-refractivity contribution in [3.8, 4) is 5.75 Å². The number of aliphatic hydroxyl groups excluding tert-OH is 1. The first-order valence-electron chi connectivity index (χ1n) is 6.94. The van der Waals surface area contributed by atoms with E-state index in [9.17, 15) is 5.11 Å². The van der Waals surface area contributed by atoms with Crippen LogP contribution in [-0.2, 0) is 13.0 Å². The monoisotopic (exact) mass is 291 g/mol. The van der Waals surface area contributed by atoms with Gasteiger partial charge in [-0.05, 0) is 24.7 Å². The zero-order valence-corrected chi connectivity index (χ0v) is 12.6. The number of aliphatic hydroxyl groups is 1. The Labute approximate surface area is 124 Å². The second-order valence-electron chi connectivity index (χ2n) is 4.84. The Bertz CT molecular complexity index is 554. The second-order valence-corrected chi connectivity index (χ2v) is 4.84. The van der Waals surface area contributed by atoms with Crippen molar-refractivity contribution < 1.29 is 14.4 Å². The van der Waals surface area contributed by atoms with Crippen molar-refractivity contribution in [2.75, 3.05) is 20.8 Å². The Hall–Kier alpha value is -1.92. The highest BCUT2D eigenvalue weighted by Gasteiger charge is 2.18. The van der Waals surface area contributed by atoms with Crippen LogP contribution in [0.3, 0.4) is 0 Å². The Morgan fingerprint density at radius 1 is 1.33 bits per heavy atom. The third-order valence-electron chi connectivity index (χ3n) is 3.41. The fraction of sp³-hybridized carbons (Fsp3) is 0.467. The molecule has 1 aromatic carbocycles. The predicted molar refractivity (Wildman–Crippen MR) is 78.0 cm³/mol. The smallest absolute Gasteiger partial charge is 0.226 e. The van der Waals surface area contributed by atoms with Gasteiger partial charge in [0.05, 0.1) is 26.3 Å². The first-order chi connectivity index (χ1) is 10.2. The van der Waals surface area contributed by atoms with Crippen LogP contribution in [-0.4, -0.2) is 40.9 Å². The molecule has 2 rings (SSSR count). The number of aromatic nitrogens is 2. The van der Waals surface area contributed by atoms with Crippen LogP contribution in [0, 0.1) is 0 Å². The lowest BCUT2D eigenvalue weighted by Gasteiger charge is -2.25. The summed E-state index contributed by atoms with van der Waals surface area (Å²) in [6, 6.07) is 7.54. The van der Waals surface area contributed by atoms with E-state index in [2.05, 4.69) is 10.1 Å². The van der Waals surface area contributed by atoms with Crippen LogP contribution < -0.4 is 4.74 Å². The summed E-state index contributed by atoms with van der Waals surface area (Å²) in [4.78, 5) is 6.28. The van der Waals surface area contributed by atoms with Gasteiger partial charge >= 0.3 is 0 Å². The van der Waals surface area contributed by atoms with Gasteiger partial charge in [0.25, 0.3) is 0 Å². The molecule has 114 valence electrons. The Balaban J connectivity index is 2.07. The van der Waals surface area contributed by atoms with Crippen LogP contribution in [0.5, 0.6) is 5.75 Å². The summed E-state index contributed by atoms with van der Waals surface area (Å²) < 4.78 is 10.2. The summed E-state index contributed by atoms with van der Waals surface area (Å²) in [6.07, 6.45) is 0.721. The summed E-state index contributed by atoms with van der Waals surface area (Å²) >= 11 is 0. The largest absolute Gasteiger partial charge is 0.497 e. The van der Waals surface area contributed by atoms with E-state index < -0.39 is 0 Å².